The molecule has 0 amide bonds. The molecular weight excluding hydrogens is 781 g/mol. The number of nitrogens with zero attached hydrogens (tertiary/aromatic N) is 6. The first-order chi connectivity index (χ1) is 29.4. The lowest BCUT2D eigenvalue weighted by Gasteiger charge is -2.15. The number of carbonyl (C=O) groups is 1. The van der Waals surface area contributed by atoms with Crippen LogP contribution in [-0.4, -0.2) is 76.1 Å². The Kier molecular flexibility index (Phi) is 10.1. The second-order valence-electron chi connectivity index (χ2n) is 14.1. The molecule has 13 heteroatoms. The number of hydrogen-bond acceptors (Lipinski definition) is 9. The van der Waals surface area contributed by atoms with Crippen LogP contribution in [0.15, 0.2) is 146 Å². The average molecular weight is 819 g/mol. The standard InChI is InChI=1S/C32H18N8.C16H16O4.H4Si/c1-2-10-18-17(9-1)25-33-26(18)38-28-21-13-5-6-14-22(21)30(35-28)40-32-24-16-8-7-15-23(24)31(36-32)39-29-20-12-4-3-11-19(20)27(34-29)37-25;1-19-13-7-3-5-11(9-13)15(16(17)18)12-6-4-8-14(10-12)20-2;/h1-16H,(H2,33,34,35,36,37,38,39,40);3-10,15H,1-2H3,(H,17,18);1H4. The molecule has 0 atom stereocenters. The van der Waals surface area contributed by atoms with Gasteiger partial charge in [0.15, 0.2) is 23.3 Å². The number of H-pyrrole nitrogens is 2. The van der Waals surface area contributed by atoms with E-state index in [2.05, 4.69) is 9.97 Å². The third kappa shape index (κ3) is 7.02. The van der Waals surface area contributed by atoms with E-state index in [-0.39, 0.29) is 11.0 Å². The number of aromatic nitrogens is 8. The van der Waals surface area contributed by atoms with Crippen molar-refractivity contribution in [3.63, 3.8) is 0 Å². The molecule has 0 saturated carbocycles. The molecule has 0 saturated heterocycles. The summed E-state index contributed by atoms with van der Waals surface area (Å²) < 4.78 is 10.3. The smallest absolute Gasteiger partial charge is 0.315 e. The minimum atomic E-state index is -0.911. The first-order valence-electron chi connectivity index (χ1n) is 19.2. The molecule has 5 heterocycles. The fourth-order valence-electron chi connectivity index (χ4n) is 7.71. The molecule has 9 aromatic rings. The summed E-state index contributed by atoms with van der Waals surface area (Å²) in [7, 11) is 3.11. The van der Waals surface area contributed by atoms with E-state index in [9.17, 15) is 9.90 Å². The maximum atomic E-state index is 11.6. The Morgan fingerprint density at radius 3 is 1.07 bits per heavy atom. The summed E-state index contributed by atoms with van der Waals surface area (Å²) in [5.41, 5.74) is 7.79. The Hall–Kier alpha value is -8.03. The summed E-state index contributed by atoms with van der Waals surface area (Å²) in [6.07, 6.45) is 0. The van der Waals surface area contributed by atoms with Crippen molar-refractivity contribution < 1.29 is 19.4 Å². The zero-order chi connectivity index (χ0) is 40.7. The van der Waals surface area contributed by atoms with Crippen molar-refractivity contribution in [2.45, 2.75) is 5.92 Å². The number of aromatic amines is 2. The molecule has 0 aliphatic carbocycles. The van der Waals surface area contributed by atoms with Crippen LogP contribution in [0.5, 0.6) is 11.5 Å². The quantitative estimate of drug-likeness (QED) is 0.144. The van der Waals surface area contributed by atoms with E-state index in [0.717, 1.165) is 43.8 Å². The van der Waals surface area contributed by atoms with Gasteiger partial charge in [0.25, 0.3) is 0 Å². The predicted molar refractivity (Wildman–Crippen MR) is 243 cm³/mol. The highest BCUT2D eigenvalue weighted by Gasteiger charge is 2.24. The summed E-state index contributed by atoms with van der Waals surface area (Å²) in [5.74, 6) is 2.00. The van der Waals surface area contributed by atoms with Gasteiger partial charge in [-0.25, -0.2) is 29.9 Å². The Morgan fingerprint density at radius 2 is 0.770 bits per heavy atom. The van der Waals surface area contributed by atoms with Crippen LogP contribution < -0.4 is 9.47 Å². The highest BCUT2D eigenvalue weighted by atomic mass is 28.1. The number of hydrogen-bond donors (Lipinski definition) is 3. The molecule has 2 aliphatic heterocycles. The Labute approximate surface area is 353 Å². The lowest BCUT2D eigenvalue weighted by atomic mass is 9.91. The molecule has 8 bridgehead atoms. The Bertz CT molecular complexity index is 2960. The molecule has 3 N–H and O–H groups in total. The number of nitrogens with one attached hydrogen (secondary N) is 2. The summed E-state index contributed by atoms with van der Waals surface area (Å²) in [6.45, 7) is 0. The van der Waals surface area contributed by atoms with E-state index in [1.807, 2.05) is 97.1 Å². The SMILES string of the molecule is COc1cccc(C(C(=O)O)c2cccc(OC)c2)c1.[SiH4].c1ccc2c(c1)-c1nc-2nc2[nH]c(nc3nc(nc4[nH]c(n1)c1ccccc41)-c1ccccc1-3)c1ccccc21. The highest BCUT2D eigenvalue weighted by Crippen LogP contribution is 2.37. The summed E-state index contributed by atoms with van der Waals surface area (Å²) in [6, 6.07) is 46.4. The number of fused-ring (bicyclic) bond motifs is 20. The van der Waals surface area contributed by atoms with Gasteiger partial charge in [-0.05, 0) is 46.4 Å². The van der Waals surface area contributed by atoms with Gasteiger partial charge in [-0.15, -0.1) is 0 Å². The largest absolute Gasteiger partial charge is 0.497 e. The van der Waals surface area contributed by atoms with Crippen molar-refractivity contribution in [3.8, 4) is 57.1 Å². The van der Waals surface area contributed by atoms with Gasteiger partial charge in [-0.1, -0.05) is 121 Å². The van der Waals surface area contributed by atoms with Gasteiger partial charge < -0.3 is 24.5 Å². The molecule has 3 aromatic heterocycles. The monoisotopic (exact) mass is 818 g/mol. The van der Waals surface area contributed by atoms with E-state index >= 15 is 0 Å². The minimum absolute atomic E-state index is 0. The van der Waals surface area contributed by atoms with E-state index in [1.165, 1.54) is 0 Å². The average Bonchev–Trinajstić information content (AvgIpc) is 4.03. The molecule has 298 valence electrons. The predicted octanol–water partition coefficient (Wildman–Crippen LogP) is 8.34. The normalized spacial score (nSPS) is 11.3. The lowest BCUT2D eigenvalue weighted by molar-refractivity contribution is -0.137. The van der Waals surface area contributed by atoms with Gasteiger partial charge >= 0.3 is 5.97 Å². The van der Waals surface area contributed by atoms with Crippen molar-refractivity contribution in [2.75, 3.05) is 14.2 Å². The van der Waals surface area contributed by atoms with Crippen LogP contribution in [0.1, 0.15) is 17.0 Å². The van der Waals surface area contributed by atoms with Crippen molar-refractivity contribution in [1.29, 1.82) is 0 Å². The second-order valence-corrected chi connectivity index (χ2v) is 14.1. The van der Waals surface area contributed by atoms with Crippen molar-refractivity contribution in [1.82, 2.24) is 39.9 Å². The highest BCUT2D eigenvalue weighted by molar-refractivity contribution is 6.06. The number of benzene rings is 6. The minimum Gasteiger partial charge on any atom is -0.497 e. The number of aliphatic carboxylic acids is 1. The molecule has 2 aliphatic rings. The van der Waals surface area contributed by atoms with Gasteiger partial charge in [0.05, 0.1) is 14.2 Å². The molecule has 0 spiro atoms. The van der Waals surface area contributed by atoms with Gasteiger partial charge in [-0.3, -0.25) is 4.79 Å². The summed E-state index contributed by atoms with van der Waals surface area (Å²) in [5, 5.41) is 13.3. The number of methoxy groups -OCH3 is 2. The van der Waals surface area contributed by atoms with E-state index in [4.69, 9.17) is 39.4 Å². The van der Waals surface area contributed by atoms with Crippen LogP contribution in [0.4, 0.5) is 0 Å². The first kappa shape index (κ1) is 38.5. The molecular formula is C48H38N8O4Si. The number of carboxylic acids is 1. The second kappa shape index (κ2) is 16.0. The number of carboxylic acid groups (broad SMARTS) is 1. The third-order valence-corrected chi connectivity index (χ3v) is 10.6. The number of rotatable bonds is 5. The van der Waals surface area contributed by atoms with Crippen LogP contribution in [0.2, 0.25) is 0 Å². The third-order valence-electron chi connectivity index (χ3n) is 10.6. The fourth-order valence-corrected chi connectivity index (χ4v) is 7.71. The van der Waals surface area contributed by atoms with Crippen LogP contribution in [-0.2, 0) is 4.79 Å². The Balaban J connectivity index is 0.000000193. The van der Waals surface area contributed by atoms with E-state index in [1.54, 1.807) is 62.8 Å². The molecule has 0 unspecified atom stereocenters. The zero-order valence-electron chi connectivity index (χ0n) is 32.3. The fraction of sp³-hybridized carbons (Fsp3) is 0.0625. The van der Waals surface area contributed by atoms with E-state index in [0.29, 0.717) is 68.5 Å². The topological polar surface area (TPSA) is 165 Å². The van der Waals surface area contributed by atoms with Crippen LogP contribution in [0.3, 0.4) is 0 Å². The lowest BCUT2D eigenvalue weighted by Crippen LogP contribution is -2.13. The van der Waals surface area contributed by atoms with Crippen molar-refractivity contribution in [3.05, 3.63) is 157 Å². The maximum Gasteiger partial charge on any atom is 0.315 e. The van der Waals surface area contributed by atoms with Gasteiger partial charge in [-0.2, -0.15) is 0 Å². The van der Waals surface area contributed by atoms with Crippen molar-refractivity contribution in [2.24, 2.45) is 0 Å². The number of ether oxygens (including phenoxy) is 2. The van der Waals surface area contributed by atoms with Crippen LogP contribution >= 0.6 is 0 Å². The molecule has 61 heavy (non-hydrogen) atoms. The van der Waals surface area contributed by atoms with Crippen molar-refractivity contribution >= 4 is 61.1 Å². The van der Waals surface area contributed by atoms with Gasteiger partial charge in [0.1, 0.15) is 40.0 Å². The summed E-state index contributed by atoms with van der Waals surface area (Å²) in [4.78, 5) is 48.4. The first-order valence-corrected chi connectivity index (χ1v) is 19.2. The van der Waals surface area contributed by atoms with Crippen LogP contribution in [0, 0.1) is 0 Å². The molecule has 0 fully saturated rings. The molecule has 12 nitrogen and oxygen atoms in total. The van der Waals surface area contributed by atoms with E-state index < -0.39 is 11.9 Å². The molecule has 0 radical (unpaired) electrons. The van der Waals surface area contributed by atoms with Crippen LogP contribution in [0.25, 0.3) is 89.7 Å². The van der Waals surface area contributed by atoms with Gasteiger partial charge in [0.2, 0.25) is 0 Å². The van der Waals surface area contributed by atoms with Gasteiger partial charge in [0, 0.05) is 43.8 Å². The molecule has 6 aromatic carbocycles. The zero-order valence-corrected chi connectivity index (χ0v) is 32.3. The Morgan fingerprint density at radius 1 is 0.459 bits per heavy atom. The summed E-state index contributed by atoms with van der Waals surface area (Å²) >= 11 is 0. The maximum absolute atomic E-state index is 11.6. The molecule has 11 rings (SSSR count).